The largest absolute Gasteiger partial charge is 0.368 e. The van der Waals surface area contributed by atoms with Crippen LogP contribution in [0.5, 0.6) is 0 Å². The molecule has 0 saturated carbocycles. The average Bonchev–Trinajstić information content (AvgIpc) is 3.07. The molecule has 2 saturated heterocycles. The zero-order valence-electron chi connectivity index (χ0n) is 17.5. The van der Waals surface area contributed by atoms with Crippen LogP contribution in [0.15, 0.2) is 59.5 Å². The SMILES string of the molecule is CCc1ccc(/C=C2\SC(=O)N(CC(=O)N3CCN(c4ccccc4)CC3)C2=O)cc1. The quantitative estimate of drug-likeness (QED) is 0.671. The number of amides is 3. The van der Waals surface area contributed by atoms with E-state index in [1.165, 1.54) is 5.56 Å². The maximum Gasteiger partial charge on any atom is 0.294 e. The van der Waals surface area contributed by atoms with Crippen LogP contribution in [0.25, 0.3) is 6.08 Å². The summed E-state index contributed by atoms with van der Waals surface area (Å²) in [5.41, 5.74) is 3.21. The summed E-state index contributed by atoms with van der Waals surface area (Å²) in [6.45, 7) is 4.48. The van der Waals surface area contributed by atoms with Crippen LogP contribution in [0, 0.1) is 0 Å². The van der Waals surface area contributed by atoms with Gasteiger partial charge < -0.3 is 9.80 Å². The smallest absolute Gasteiger partial charge is 0.294 e. The third-order valence-electron chi connectivity index (χ3n) is 5.61. The monoisotopic (exact) mass is 435 g/mol. The van der Waals surface area contributed by atoms with Gasteiger partial charge in [-0.2, -0.15) is 0 Å². The van der Waals surface area contributed by atoms with Crippen molar-refractivity contribution in [2.45, 2.75) is 13.3 Å². The molecule has 2 fully saturated rings. The summed E-state index contributed by atoms with van der Waals surface area (Å²) in [5, 5.41) is -0.391. The molecule has 2 heterocycles. The van der Waals surface area contributed by atoms with E-state index in [9.17, 15) is 14.4 Å². The first-order valence-electron chi connectivity index (χ1n) is 10.5. The third kappa shape index (κ3) is 4.82. The summed E-state index contributed by atoms with van der Waals surface area (Å²) in [5.74, 6) is -0.589. The molecular weight excluding hydrogens is 410 g/mol. The standard InChI is InChI=1S/C24H25N3O3S/c1-2-18-8-10-19(11-9-18)16-21-23(29)27(24(30)31-21)17-22(28)26-14-12-25(13-15-26)20-6-4-3-5-7-20/h3-11,16H,2,12-15,17H2,1H3/b21-16-. The van der Waals surface area contributed by atoms with Crippen molar-refractivity contribution >= 4 is 40.6 Å². The van der Waals surface area contributed by atoms with Crippen LogP contribution in [-0.4, -0.2) is 59.6 Å². The molecule has 0 spiro atoms. The summed E-state index contributed by atoms with van der Waals surface area (Å²) < 4.78 is 0. The van der Waals surface area contributed by atoms with Crippen LogP contribution >= 0.6 is 11.8 Å². The molecule has 2 aromatic carbocycles. The summed E-state index contributed by atoms with van der Waals surface area (Å²) in [6.07, 6.45) is 2.66. The minimum Gasteiger partial charge on any atom is -0.368 e. The zero-order chi connectivity index (χ0) is 21.8. The lowest BCUT2D eigenvalue weighted by Gasteiger charge is -2.36. The van der Waals surface area contributed by atoms with E-state index in [4.69, 9.17) is 0 Å². The van der Waals surface area contributed by atoms with Crippen molar-refractivity contribution in [1.82, 2.24) is 9.80 Å². The molecule has 7 heteroatoms. The lowest BCUT2D eigenvalue weighted by Crippen LogP contribution is -2.51. The predicted molar refractivity (Wildman–Crippen MR) is 124 cm³/mol. The number of imide groups is 1. The average molecular weight is 436 g/mol. The van der Waals surface area contributed by atoms with Crippen molar-refractivity contribution in [3.05, 3.63) is 70.6 Å². The first-order valence-corrected chi connectivity index (χ1v) is 11.3. The highest BCUT2D eigenvalue weighted by atomic mass is 32.2. The topological polar surface area (TPSA) is 60.9 Å². The molecule has 2 aromatic rings. The molecule has 0 atom stereocenters. The number of carbonyl (C=O) groups is 3. The van der Waals surface area contributed by atoms with E-state index in [-0.39, 0.29) is 12.5 Å². The van der Waals surface area contributed by atoms with Crippen molar-refractivity contribution in [2.75, 3.05) is 37.6 Å². The summed E-state index contributed by atoms with van der Waals surface area (Å²) in [4.78, 5) is 43.3. The first kappa shape index (κ1) is 21.2. The van der Waals surface area contributed by atoms with Crippen LogP contribution in [0.2, 0.25) is 0 Å². The van der Waals surface area contributed by atoms with Gasteiger partial charge in [0.05, 0.1) is 4.91 Å². The molecule has 0 aliphatic carbocycles. The van der Waals surface area contributed by atoms with Gasteiger partial charge in [0.1, 0.15) is 6.54 Å². The highest BCUT2D eigenvalue weighted by Crippen LogP contribution is 2.32. The number of hydrogen-bond donors (Lipinski definition) is 0. The van der Waals surface area contributed by atoms with Gasteiger partial charge in [0.25, 0.3) is 11.1 Å². The Morgan fingerprint density at radius 2 is 1.65 bits per heavy atom. The number of piperazine rings is 1. The number of nitrogens with zero attached hydrogens (tertiary/aromatic N) is 3. The van der Waals surface area contributed by atoms with Gasteiger partial charge in [0, 0.05) is 31.9 Å². The Bertz CT molecular complexity index is 996. The number of hydrogen-bond acceptors (Lipinski definition) is 5. The van der Waals surface area contributed by atoms with E-state index in [0.717, 1.165) is 47.4 Å². The Morgan fingerprint density at radius 3 is 2.29 bits per heavy atom. The molecule has 160 valence electrons. The number of anilines is 1. The maximum atomic E-state index is 12.8. The molecule has 2 aliphatic rings. The van der Waals surface area contributed by atoms with E-state index >= 15 is 0 Å². The Kier molecular flexibility index (Phi) is 6.42. The Hall–Kier alpha value is -3.06. The number of carbonyl (C=O) groups excluding carboxylic acids is 3. The number of aryl methyl sites for hydroxylation is 1. The maximum absolute atomic E-state index is 12.8. The van der Waals surface area contributed by atoms with Gasteiger partial charge in [0.2, 0.25) is 5.91 Å². The Balaban J connectivity index is 1.35. The Labute approximate surface area is 186 Å². The van der Waals surface area contributed by atoms with Crippen molar-refractivity contribution in [1.29, 1.82) is 0 Å². The molecule has 2 aliphatic heterocycles. The molecule has 31 heavy (non-hydrogen) atoms. The zero-order valence-corrected chi connectivity index (χ0v) is 18.3. The first-order chi connectivity index (χ1) is 15.0. The molecule has 6 nitrogen and oxygen atoms in total. The summed E-state index contributed by atoms with van der Waals surface area (Å²) >= 11 is 0.892. The van der Waals surface area contributed by atoms with Gasteiger partial charge in [-0.15, -0.1) is 0 Å². The van der Waals surface area contributed by atoms with Crippen LogP contribution in [0.4, 0.5) is 10.5 Å². The van der Waals surface area contributed by atoms with Crippen LogP contribution < -0.4 is 4.90 Å². The summed E-state index contributed by atoms with van der Waals surface area (Å²) in [6, 6.07) is 18.0. The van der Waals surface area contributed by atoms with Gasteiger partial charge in [-0.1, -0.05) is 49.4 Å². The second-order valence-corrected chi connectivity index (χ2v) is 8.56. The lowest BCUT2D eigenvalue weighted by molar-refractivity contribution is -0.136. The van der Waals surface area contributed by atoms with Crippen LogP contribution in [0.3, 0.4) is 0 Å². The predicted octanol–water partition coefficient (Wildman–Crippen LogP) is 3.63. The highest BCUT2D eigenvalue weighted by Gasteiger charge is 2.37. The number of thioether (sulfide) groups is 1. The van der Waals surface area contributed by atoms with E-state index in [1.807, 2.05) is 42.5 Å². The highest BCUT2D eigenvalue weighted by molar-refractivity contribution is 8.18. The van der Waals surface area contributed by atoms with Gasteiger partial charge in [-0.3, -0.25) is 19.3 Å². The second kappa shape index (κ2) is 9.39. The number of benzene rings is 2. The fraction of sp³-hybridized carbons (Fsp3) is 0.292. The molecule has 0 bridgehead atoms. The lowest BCUT2D eigenvalue weighted by atomic mass is 10.1. The third-order valence-corrected chi connectivity index (χ3v) is 6.51. The molecule has 4 rings (SSSR count). The molecular formula is C24H25N3O3S. The van der Waals surface area contributed by atoms with Crippen LogP contribution in [0.1, 0.15) is 18.1 Å². The van der Waals surface area contributed by atoms with Gasteiger partial charge in [-0.25, -0.2) is 0 Å². The van der Waals surface area contributed by atoms with E-state index < -0.39 is 11.1 Å². The molecule has 0 aromatic heterocycles. The minimum absolute atomic E-state index is 0.191. The number of rotatable bonds is 5. The van der Waals surface area contributed by atoms with Crippen molar-refractivity contribution < 1.29 is 14.4 Å². The molecule has 3 amide bonds. The molecule has 0 unspecified atom stereocenters. The number of para-hydroxylation sites is 1. The second-order valence-electron chi connectivity index (χ2n) is 7.57. The fourth-order valence-electron chi connectivity index (χ4n) is 3.73. The van der Waals surface area contributed by atoms with Crippen LogP contribution in [-0.2, 0) is 16.0 Å². The van der Waals surface area contributed by atoms with Crippen molar-refractivity contribution in [3.8, 4) is 0 Å². The summed E-state index contributed by atoms with van der Waals surface area (Å²) in [7, 11) is 0. The van der Waals surface area contributed by atoms with E-state index in [0.29, 0.717) is 18.0 Å². The minimum atomic E-state index is -0.397. The molecule has 0 radical (unpaired) electrons. The van der Waals surface area contributed by atoms with E-state index in [1.54, 1.807) is 11.0 Å². The van der Waals surface area contributed by atoms with E-state index in [2.05, 4.69) is 24.0 Å². The van der Waals surface area contributed by atoms with Crippen molar-refractivity contribution in [2.24, 2.45) is 0 Å². The van der Waals surface area contributed by atoms with Gasteiger partial charge >= 0.3 is 0 Å². The van der Waals surface area contributed by atoms with Gasteiger partial charge in [0.15, 0.2) is 0 Å². The van der Waals surface area contributed by atoms with Crippen molar-refractivity contribution in [3.63, 3.8) is 0 Å². The fourth-order valence-corrected chi connectivity index (χ4v) is 4.56. The normalized spacial score (nSPS) is 18.2. The molecule has 0 N–H and O–H groups in total. The Morgan fingerprint density at radius 1 is 0.968 bits per heavy atom. The van der Waals surface area contributed by atoms with Gasteiger partial charge in [-0.05, 0) is 47.5 Å².